The van der Waals surface area contributed by atoms with Gasteiger partial charge in [0, 0.05) is 6.61 Å². The fraction of sp³-hybridized carbons (Fsp3) is 1.00. The highest BCUT2D eigenvalue weighted by Gasteiger charge is 2.42. The molecule has 0 aromatic carbocycles. The van der Waals surface area contributed by atoms with Gasteiger partial charge in [0.2, 0.25) is 0 Å². The quantitative estimate of drug-likeness (QED) is 0.581. The number of fused-ring (bicyclic) bond motifs is 1. The summed E-state index contributed by atoms with van der Waals surface area (Å²) in [6.45, 7) is 2.75. The van der Waals surface area contributed by atoms with Gasteiger partial charge in [0.15, 0.2) is 0 Å². The van der Waals surface area contributed by atoms with E-state index in [-0.39, 0.29) is 12.4 Å². The molecule has 0 aromatic heterocycles. The first-order valence-electron chi connectivity index (χ1n) is 3.73. The third-order valence-electron chi connectivity index (χ3n) is 2.84. The van der Waals surface area contributed by atoms with Crippen LogP contribution in [0.4, 0.5) is 0 Å². The van der Waals surface area contributed by atoms with Crippen LogP contribution in [0.5, 0.6) is 0 Å². The van der Waals surface area contributed by atoms with Crippen LogP contribution >= 0.6 is 12.4 Å². The third kappa shape index (κ3) is 1.04. The maximum atomic E-state index is 8.81. The maximum absolute atomic E-state index is 8.81. The molecule has 2 fully saturated rings. The average Bonchev–Trinajstić information content (AvgIpc) is 2.14. The SMILES string of the molecule is Cl.OC[C@@H]1C[C@H]2CNC[C@H]12. The van der Waals surface area contributed by atoms with Gasteiger partial charge in [-0.2, -0.15) is 0 Å². The van der Waals surface area contributed by atoms with Crippen LogP contribution in [0, 0.1) is 17.8 Å². The van der Waals surface area contributed by atoms with Crippen LogP contribution in [0.2, 0.25) is 0 Å². The molecule has 3 atom stereocenters. The van der Waals surface area contributed by atoms with E-state index in [9.17, 15) is 0 Å². The van der Waals surface area contributed by atoms with E-state index in [1.165, 1.54) is 13.0 Å². The zero-order chi connectivity index (χ0) is 6.27. The van der Waals surface area contributed by atoms with Crippen molar-refractivity contribution in [1.82, 2.24) is 5.32 Å². The zero-order valence-electron chi connectivity index (χ0n) is 5.92. The highest BCUT2D eigenvalue weighted by atomic mass is 35.5. The van der Waals surface area contributed by atoms with E-state index in [0.29, 0.717) is 12.5 Å². The molecule has 2 aliphatic rings. The normalized spacial score (nSPS) is 43.5. The van der Waals surface area contributed by atoms with Crippen molar-refractivity contribution in [1.29, 1.82) is 0 Å². The number of aliphatic hydroxyl groups excluding tert-OH is 1. The number of rotatable bonds is 1. The van der Waals surface area contributed by atoms with Gasteiger partial charge in [0.1, 0.15) is 0 Å². The molecule has 1 saturated carbocycles. The van der Waals surface area contributed by atoms with Crippen molar-refractivity contribution in [3.05, 3.63) is 0 Å². The fourth-order valence-electron chi connectivity index (χ4n) is 2.14. The maximum Gasteiger partial charge on any atom is 0.0462 e. The first-order chi connectivity index (χ1) is 4.42. The average molecular weight is 164 g/mol. The number of hydrogen-bond donors (Lipinski definition) is 2. The van der Waals surface area contributed by atoms with Crippen LogP contribution in [-0.2, 0) is 0 Å². The third-order valence-corrected chi connectivity index (χ3v) is 2.84. The van der Waals surface area contributed by atoms with Crippen molar-refractivity contribution in [3.8, 4) is 0 Å². The fourth-order valence-corrected chi connectivity index (χ4v) is 2.14. The second kappa shape index (κ2) is 3.07. The van der Waals surface area contributed by atoms with Crippen LogP contribution in [0.25, 0.3) is 0 Å². The lowest BCUT2D eigenvalue weighted by Crippen LogP contribution is -2.37. The van der Waals surface area contributed by atoms with Gasteiger partial charge < -0.3 is 10.4 Å². The molecule has 1 aliphatic heterocycles. The standard InChI is InChI=1S/C7H13NO.ClH/c9-4-6-1-5-2-8-3-7(5)6;/h5-9H,1-4H2;1H/t5-,6-,7-;/m0./s1. The minimum absolute atomic E-state index is 0. The molecule has 0 aromatic rings. The molecule has 0 bridgehead atoms. The van der Waals surface area contributed by atoms with E-state index >= 15 is 0 Å². The Morgan fingerprint density at radius 2 is 2.20 bits per heavy atom. The summed E-state index contributed by atoms with van der Waals surface area (Å²) in [6, 6.07) is 0. The molecule has 0 unspecified atom stereocenters. The van der Waals surface area contributed by atoms with Crippen molar-refractivity contribution in [2.45, 2.75) is 6.42 Å². The van der Waals surface area contributed by atoms with Crippen molar-refractivity contribution >= 4 is 12.4 Å². The van der Waals surface area contributed by atoms with E-state index in [1.807, 2.05) is 0 Å². The molecule has 1 saturated heterocycles. The van der Waals surface area contributed by atoms with Crippen LogP contribution in [0.1, 0.15) is 6.42 Å². The molecular weight excluding hydrogens is 150 g/mol. The van der Waals surface area contributed by atoms with E-state index in [4.69, 9.17) is 5.11 Å². The summed E-state index contributed by atoms with van der Waals surface area (Å²) >= 11 is 0. The summed E-state index contributed by atoms with van der Waals surface area (Å²) in [5.74, 6) is 2.35. The smallest absolute Gasteiger partial charge is 0.0462 e. The Hall–Kier alpha value is 0.210. The summed E-state index contributed by atoms with van der Waals surface area (Å²) in [5.41, 5.74) is 0. The largest absolute Gasteiger partial charge is 0.396 e. The minimum Gasteiger partial charge on any atom is -0.396 e. The lowest BCUT2D eigenvalue weighted by atomic mass is 9.67. The van der Waals surface area contributed by atoms with E-state index in [2.05, 4.69) is 5.32 Å². The van der Waals surface area contributed by atoms with Gasteiger partial charge in [-0.25, -0.2) is 0 Å². The summed E-state index contributed by atoms with van der Waals surface area (Å²) in [7, 11) is 0. The summed E-state index contributed by atoms with van der Waals surface area (Å²) < 4.78 is 0. The Morgan fingerprint density at radius 1 is 1.40 bits per heavy atom. The highest BCUT2D eigenvalue weighted by molar-refractivity contribution is 5.85. The molecule has 0 amide bonds. The monoisotopic (exact) mass is 163 g/mol. The zero-order valence-corrected chi connectivity index (χ0v) is 6.73. The van der Waals surface area contributed by atoms with Gasteiger partial charge in [-0.05, 0) is 37.3 Å². The summed E-state index contributed by atoms with van der Waals surface area (Å²) in [6.07, 6.45) is 1.26. The van der Waals surface area contributed by atoms with E-state index in [0.717, 1.165) is 18.4 Å². The Bertz CT molecular complexity index is 120. The Labute approximate surface area is 67.4 Å². The van der Waals surface area contributed by atoms with Gasteiger partial charge in [-0.3, -0.25) is 0 Å². The lowest BCUT2D eigenvalue weighted by Gasteiger charge is -2.38. The molecule has 2 rings (SSSR count). The number of halogens is 1. The van der Waals surface area contributed by atoms with E-state index in [1.54, 1.807) is 0 Å². The van der Waals surface area contributed by atoms with Crippen molar-refractivity contribution in [2.75, 3.05) is 19.7 Å². The van der Waals surface area contributed by atoms with Gasteiger partial charge in [0.05, 0.1) is 0 Å². The predicted octanol–water partition coefficient (Wildman–Crippen LogP) is 0.256. The first-order valence-corrected chi connectivity index (χ1v) is 3.73. The second-order valence-electron chi connectivity index (χ2n) is 3.26. The Morgan fingerprint density at radius 3 is 2.80 bits per heavy atom. The molecule has 0 radical (unpaired) electrons. The van der Waals surface area contributed by atoms with Crippen molar-refractivity contribution < 1.29 is 5.11 Å². The number of hydrogen-bond acceptors (Lipinski definition) is 2. The Kier molecular flexibility index (Phi) is 2.55. The summed E-state index contributed by atoms with van der Waals surface area (Å²) in [4.78, 5) is 0. The van der Waals surface area contributed by atoms with E-state index < -0.39 is 0 Å². The topological polar surface area (TPSA) is 32.3 Å². The lowest BCUT2D eigenvalue weighted by molar-refractivity contribution is 0.0579. The van der Waals surface area contributed by atoms with Crippen LogP contribution in [-0.4, -0.2) is 24.8 Å². The first kappa shape index (κ1) is 8.31. The minimum atomic E-state index is 0. The molecule has 2 N–H and O–H groups in total. The predicted molar refractivity (Wildman–Crippen MR) is 42.3 cm³/mol. The van der Waals surface area contributed by atoms with Gasteiger partial charge in [0.25, 0.3) is 0 Å². The molecular formula is C7H14ClNO. The number of nitrogens with one attached hydrogen (secondary N) is 1. The highest BCUT2D eigenvalue weighted by Crippen LogP contribution is 2.41. The van der Waals surface area contributed by atoms with Crippen LogP contribution in [0.15, 0.2) is 0 Å². The molecule has 60 valence electrons. The second-order valence-corrected chi connectivity index (χ2v) is 3.26. The molecule has 1 heterocycles. The molecule has 2 nitrogen and oxygen atoms in total. The van der Waals surface area contributed by atoms with Crippen LogP contribution < -0.4 is 5.32 Å². The molecule has 1 aliphatic carbocycles. The van der Waals surface area contributed by atoms with Gasteiger partial charge in [-0.15, -0.1) is 12.4 Å². The Balaban J connectivity index is 0.000000500. The van der Waals surface area contributed by atoms with Crippen LogP contribution in [0.3, 0.4) is 0 Å². The molecule has 3 heteroatoms. The van der Waals surface area contributed by atoms with Gasteiger partial charge in [-0.1, -0.05) is 0 Å². The van der Waals surface area contributed by atoms with Crippen molar-refractivity contribution in [3.63, 3.8) is 0 Å². The summed E-state index contributed by atoms with van der Waals surface area (Å²) in [5, 5.41) is 12.1. The van der Waals surface area contributed by atoms with Crippen molar-refractivity contribution in [2.24, 2.45) is 17.8 Å². The van der Waals surface area contributed by atoms with Gasteiger partial charge >= 0.3 is 0 Å². The number of aliphatic hydroxyl groups is 1. The molecule has 0 spiro atoms. The molecule has 10 heavy (non-hydrogen) atoms.